The van der Waals surface area contributed by atoms with Crippen LogP contribution in [0, 0.1) is 0 Å². The summed E-state index contributed by atoms with van der Waals surface area (Å²) in [7, 11) is 0. The highest BCUT2D eigenvalue weighted by Gasteiger charge is 2.51. The van der Waals surface area contributed by atoms with Crippen LogP contribution in [0.3, 0.4) is 0 Å². The van der Waals surface area contributed by atoms with Crippen molar-refractivity contribution in [1.82, 2.24) is 15.0 Å². The van der Waals surface area contributed by atoms with E-state index in [-0.39, 0.29) is 73.1 Å². The fourth-order valence-electron chi connectivity index (χ4n) is 9.67. The van der Waals surface area contributed by atoms with Crippen LogP contribution in [0.25, 0.3) is 101 Å². The Morgan fingerprint density at radius 3 is 0.910 bits per heavy atom. The van der Waals surface area contributed by atoms with E-state index in [9.17, 15) is 0 Å². The molecule has 1 heterocycles. The quantitative estimate of drug-likeness (QED) is 0.160. The molecule has 0 radical (unpaired) electrons. The Kier molecular flexibility index (Phi) is 5.50. The fourth-order valence-corrected chi connectivity index (χ4v) is 9.67. The van der Waals surface area contributed by atoms with E-state index in [1.807, 2.05) is 54.6 Å². The first-order valence-corrected chi connectivity index (χ1v) is 21.3. The van der Waals surface area contributed by atoms with Crippen LogP contribution in [-0.4, -0.2) is 15.0 Å². The number of benzene rings is 10. The maximum atomic E-state index is 9.09. The molecule has 0 atom stereocenters. The zero-order valence-electron chi connectivity index (χ0n) is 55.0. The van der Waals surface area contributed by atoms with Gasteiger partial charge in [0.25, 0.3) is 0 Å². The van der Waals surface area contributed by atoms with Crippen molar-refractivity contribution >= 4 is 0 Å². The minimum absolute atomic E-state index is 0.00128. The minimum atomic E-state index is -0.859. The summed E-state index contributed by atoms with van der Waals surface area (Å²) in [6.07, 6.45) is 0. The van der Waals surface area contributed by atoms with E-state index in [1.54, 1.807) is 0 Å². The highest BCUT2D eigenvalue weighted by molar-refractivity contribution is 5.96. The molecular formula is C64H41N3. The molecule has 2 aliphatic rings. The van der Waals surface area contributed by atoms with Gasteiger partial charge in [0.2, 0.25) is 0 Å². The van der Waals surface area contributed by atoms with E-state index < -0.39 is 126 Å². The predicted octanol–water partition coefficient (Wildman–Crippen LogP) is 15.9. The first-order chi connectivity index (χ1) is 41.5. The van der Waals surface area contributed by atoms with E-state index >= 15 is 0 Å². The predicted molar refractivity (Wildman–Crippen MR) is 274 cm³/mol. The lowest BCUT2D eigenvalue weighted by Crippen LogP contribution is -2.25. The highest BCUT2D eigenvalue weighted by Crippen LogP contribution is 2.63. The number of rotatable bonds is 7. The summed E-state index contributed by atoms with van der Waals surface area (Å²) in [4.78, 5) is 15.3. The first kappa shape index (κ1) is 23.4. The van der Waals surface area contributed by atoms with Gasteiger partial charge in [0.1, 0.15) is 0 Å². The molecule has 0 saturated carbocycles. The van der Waals surface area contributed by atoms with Gasteiger partial charge < -0.3 is 0 Å². The van der Waals surface area contributed by atoms with Crippen molar-refractivity contribution in [2.24, 2.45) is 0 Å². The Labute approximate surface area is 418 Å². The van der Waals surface area contributed by atoms with Crippen LogP contribution in [0.2, 0.25) is 0 Å². The van der Waals surface area contributed by atoms with E-state index in [1.165, 1.54) is 36.4 Å². The van der Waals surface area contributed by atoms with Gasteiger partial charge in [-0.25, -0.2) is 15.0 Å². The van der Waals surface area contributed by atoms with Gasteiger partial charge in [-0.05, 0) is 131 Å². The van der Waals surface area contributed by atoms with Gasteiger partial charge in [-0.1, -0.05) is 206 Å². The van der Waals surface area contributed by atoms with Gasteiger partial charge in [-0.15, -0.1) is 0 Å². The van der Waals surface area contributed by atoms with Crippen LogP contribution >= 0.6 is 0 Å². The van der Waals surface area contributed by atoms with E-state index in [0.29, 0.717) is 5.56 Å². The molecule has 0 amide bonds. The lowest BCUT2D eigenvalue weighted by atomic mass is 9.70. The molecule has 2 aliphatic carbocycles. The maximum absolute atomic E-state index is 9.09. The average Bonchev–Trinajstić information content (AvgIpc) is 1.52. The standard InChI is InChI=1S/C64H41N3/c1-5-19-42(20-6-1)47-35-48(43-21-7-2-8-22-43)38-51(37-47)62-65-61(66-63(67-62)52-39-49(44-23-9-3-10-24-44)36-50(40-52)45-25-11-4-12-26-45)46-33-34-56-55-29-15-18-32-59(55)64(60(56)41-46)57-30-16-13-27-53(57)54-28-14-17-31-58(54)64/h1-41H/i1D,2D,3D,4D,5D,6D,7D,8D,9D,10D,11D,12D,19D,20D,21D,22D,23D,24D,25D,26D. The van der Waals surface area contributed by atoms with Gasteiger partial charge in [0.15, 0.2) is 17.5 Å². The second-order valence-corrected chi connectivity index (χ2v) is 16.1. The van der Waals surface area contributed by atoms with Crippen LogP contribution in [0.15, 0.2) is 248 Å². The molecule has 312 valence electrons. The zero-order chi connectivity index (χ0) is 61.7. The maximum Gasteiger partial charge on any atom is 0.164 e. The molecule has 0 aliphatic heterocycles. The van der Waals surface area contributed by atoms with Crippen LogP contribution in [-0.2, 0) is 5.41 Å². The third-order valence-electron chi connectivity index (χ3n) is 12.4. The molecule has 0 saturated heterocycles. The molecule has 0 N–H and O–H groups in total. The molecule has 13 rings (SSSR count). The largest absolute Gasteiger partial charge is 0.208 e. The smallest absolute Gasteiger partial charge is 0.164 e. The topological polar surface area (TPSA) is 38.7 Å². The summed E-state index contributed by atoms with van der Waals surface area (Å²) in [6.45, 7) is 0. The Hall–Kier alpha value is -8.79. The van der Waals surface area contributed by atoms with Crippen LogP contribution in [0.5, 0.6) is 0 Å². The lowest BCUT2D eigenvalue weighted by molar-refractivity contribution is 0.794. The number of hydrogen-bond donors (Lipinski definition) is 0. The SMILES string of the molecule is [2H]c1c([2H])c([2H])c(-c2cc(-c3nc(-c4cc(-c5c([2H])c([2H])c([2H])c([2H])c5[2H])cc(-c5c([2H])c([2H])c([2H])c([2H])c5[2H])c4)nc(-c4ccc5c(c4)C4(c6ccccc6-c6ccccc64)c4ccccc4-5)n3)cc(-c3c([2H])c([2H])c([2H])c([2H])c3[2H])c2)c([2H])c1[2H]. The molecule has 1 aromatic heterocycles. The fraction of sp³-hybridized carbons (Fsp3) is 0.0156. The molecule has 0 unspecified atom stereocenters. The number of aromatic nitrogens is 3. The summed E-state index contributed by atoms with van der Waals surface area (Å²) in [5, 5.41) is 0. The molecule has 11 aromatic rings. The summed E-state index contributed by atoms with van der Waals surface area (Å²) in [5.74, 6) is -0.380. The Bertz CT molecular complexity index is 4350. The second kappa shape index (κ2) is 15.7. The van der Waals surface area contributed by atoms with Gasteiger partial charge in [-0.3, -0.25) is 0 Å². The van der Waals surface area contributed by atoms with E-state index in [4.69, 9.17) is 42.4 Å². The summed E-state index contributed by atoms with van der Waals surface area (Å²) < 4.78 is 176. The van der Waals surface area contributed by atoms with E-state index in [2.05, 4.69) is 36.4 Å². The summed E-state index contributed by atoms with van der Waals surface area (Å²) in [6, 6.07) is 25.6. The highest BCUT2D eigenvalue weighted by atomic mass is 15.0. The average molecular weight is 872 g/mol. The van der Waals surface area contributed by atoms with Crippen molar-refractivity contribution in [1.29, 1.82) is 0 Å². The van der Waals surface area contributed by atoms with Crippen molar-refractivity contribution in [2.75, 3.05) is 0 Å². The Morgan fingerprint density at radius 1 is 0.254 bits per heavy atom. The number of nitrogens with zero attached hydrogens (tertiary/aromatic N) is 3. The van der Waals surface area contributed by atoms with Crippen LogP contribution in [0.1, 0.15) is 49.7 Å². The van der Waals surface area contributed by atoms with Crippen LogP contribution < -0.4 is 0 Å². The summed E-state index contributed by atoms with van der Waals surface area (Å²) in [5.41, 5.74) is 6.08. The molecule has 10 aromatic carbocycles. The summed E-state index contributed by atoms with van der Waals surface area (Å²) >= 11 is 0. The molecular weight excluding hydrogens is 811 g/mol. The van der Waals surface area contributed by atoms with Gasteiger partial charge >= 0.3 is 0 Å². The van der Waals surface area contributed by atoms with Gasteiger partial charge in [0.05, 0.1) is 32.8 Å². The number of hydrogen-bond acceptors (Lipinski definition) is 3. The first-order valence-electron chi connectivity index (χ1n) is 31.3. The third-order valence-corrected chi connectivity index (χ3v) is 12.4. The number of fused-ring (bicyclic) bond motifs is 10. The molecule has 67 heavy (non-hydrogen) atoms. The lowest BCUT2D eigenvalue weighted by Gasteiger charge is -2.30. The van der Waals surface area contributed by atoms with Crippen LogP contribution in [0.4, 0.5) is 0 Å². The minimum Gasteiger partial charge on any atom is -0.208 e. The van der Waals surface area contributed by atoms with Crippen molar-refractivity contribution in [3.05, 3.63) is 270 Å². The second-order valence-electron chi connectivity index (χ2n) is 16.1. The van der Waals surface area contributed by atoms with Crippen molar-refractivity contribution < 1.29 is 27.4 Å². The van der Waals surface area contributed by atoms with Crippen molar-refractivity contribution in [3.8, 4) is 101 Å². The molecule has 1 spiro atoms. The molecule has 3 heteroatoms. The van der Waals surface area contributed by atoms with Gasteiger partial charge in [-0.2, -0.15) is 0 Å². The zero-order valence-corrected chi connectivity index (χ0v) is 35.0. The van der Waals surface area contributed by atoms with Crippen molar-refractivity contribution in [3.63, 3.8) is 0 Å². The monoisotopic (exact) mass is 871 g/mol. The third kappa shape index (κ3) is 6.39. The van der Waals surface area contributed by atoms with E-state index in [0.717, 1.165) is 44.5 Å². The normalized spacial score (nSPS) is 16.8. The molecule has 0 fully saturated rings. The Balaban J connectivity index is 1.15. The molecule has 3 nitrogen and oxygen atoms in total. The molecule has 0 bridgehead atoms. The van der Waals surface area contributed by atoms with Crippen molar-refractivity contribution in [2.45, 2.75) is 5.41 Å². The van der Waals surface area contributed by atoms with Gasteiger partial charge in [0, 0.05) is 16.7 Å². The Morgan fingerprint density at radius 2 is 0.552 bits per heavy atom.